The number of aliphatic hydroxyl groups is 1. The highest BCUT2D eigenvalue weighted by Crippen LogP contribution is 2.28. The Morgan fingerprint density at radius 1 is 1.08 bits per heavy atom. The van der Waals surface area contributed by atoms with Crippen molar-refractivity contribution in [2.45, 2.75) is 12.5 Å². The highest BCUT2D eigenvalue weighted by atomic mass is 35.5. The number of halogens is 1. The van der Waals surface area contributed by atoms with E-state index in [0.29, 0.717) is 17.4 Å². The molecule has 25 heavy (non-hydrogen) atoms. The minimum atomic E-state index is -0.309. The minimum Gasteiger partial charge on any atom is -0.391 e. The first-order valence-corrected chi connectivity index (χ1v) is 8.55. The molecule has 0 saturated carbocycles. The van der Waals surface area contributed by atoms with Crippen molar-refractivity contribution in [2.75, 3.05) is 18.0 Å². The van der Waals surface area contributed by atoms with Gasteiger partial charge in [-0.3, -0.25) is 4.98 Å². The van der Waals surface area contributed by atoms with Crippen LogP contribution in [0.4, 0.5) is 5.82 Å². The van der Waals surface area contributed by atoms with Gasteiger partial charge < -0.3 is 10.0 Å². The van der Waals surface area contributed by atoms with E-state index in [1.807, 2.05) is 42.5 Å². The molecule has 1 saturated heterocycles. The van der Waals surface area contributed by atoms with Gasteiger partial charge in [0.05, 0.1) is 11.8 Å². The molecule has 1 atom stereocenters. The molecule has 1 N–H and O–H groups in total. The molecule has 3 heterocycles. The minimum absolute atomic E-state index is 0.309. The lowest BCUT2D eigenvalue weighted by Gasteiger charge is -2.18. The van der Waals surface area contributed by atoms with Crippen molar-refractivity contribution >= 4 is 17.4 Å². The number of aliphatic hydroxyl groups excluding tert-OH is 1. The second-order valence-corrected chi connectivity index (χ2v) is 6.51. The number of rotatable bonds is 3. The SMILES string of the molecule is O[C@H]1CCN(c2cc(-c3ccc(Cl)cc3)nc(-c3cccnc3)n2)C1. The molecule has 1 aromatic carbocycles. The van der Waals surface area contributed by atoms with Gasteiger partial charge in [-0.2, -0.15) is 0 Å². The number of β-amino-alcohol motifs (C(OH)–C–C–N with tert-alkyl or cyclic N) is 1. The van der Waals surface area contributed by atoms with E-state index in [1.165, 1.54) is 0 Å². The van der Waals surface area contributed by atoms with Gasteiger partial charge in [-0.25, -0.2) is 9.97 Å². The third-order valence-corrected chi connectivity index (χ3v) is 4.51. The Labute approximate surface area is 151 Å². The van der Waals surface area contributed by atoms with E-state index in [-0.39, 0.29) is 6.10 Å². The van der Waals surface area contributed by atoms with E-state index in [1.54, 1.807) is 12.4 Å². The second kappa shape index (κ2) is 6.78. The predicted octanol–water partition coefficient (Wildman–Crippen LogP) is 3.43. The average molecular weight is 353 g/mol. The molecule has 3 aromatic rings. The predicted molar refractivity (Wildman–Crippen MR) is 98.5 cm³/mol. The smallest absolute Gasteiger partial charge is 0.163 e. The van der Waals surface area contributed by atoms with Crippen molar-refractivity contribution in [3.63, 3.8) is 0 Å². The van der Waals surface area contributed by atoms with E-state index < -0.39 is 0 Å². The lowest BCUT2D eigenvalue weighted by atomic mass is 10.1. The van der Waals surface area contributed by atoms with Crippen LogP contribution >= 0.6 is 11.6 Å². The topological polar surface area (TPSA) is 62.1 Å². The van der Waals surface area contributed by atoms with Gasteiger partial charge in [0.2, 0.25) is 0 Å². The first-order chi connectivity index (χ1) is 12.2. The van der Waals surface area contributed by atoms with Crippen LogP contribution in [0.3, 0.4) is 0 Å². The molecular weight excluding hydrogens is 336 g/mol. The standard InChI is InChI=1S/C19H17ClN4O/c20-15-5-3-13(4-6-15)17-10-18(24-9-7-16(25)12-24)23-19(22-17)14-2-1-8-21-11-14/h1-6,8,10-11,16,25H,7,9,12H2/t16-/m0/s1. The fourth-order valence-corrected chi connectivity index (χ4v) is 3.06. The molecule has 0 aliphatic carbocycles. The van der Waals surface area contributed by atoms with E-state index in [4.69, 9.17) is 21.6 Å². The number of hydrogen-bond donors (Lipinski definition) is 1. The van der Waals surface area contributed by atoms with Crippen LogP contribution in [0, 0.1) is 0 Å². The Kier molecular flexibility index (Phi) is 4.34. The van der Waals surface area contributed by atoms with Crippen molar-refractivity contribution in [3.05, 3.63) is 59.9 Å². The van der Waals surface area contributed by atoms with Crippen LogP contribution in [0.2, 0.25) is 5.02 Å². The highest BCUT2D eigenvalue weighted by Gasteiger charge is 2.23. The van der Waals surface area contributed by atoms with Crippen LogP contribution in [0.15, 0.2) is 54.9 Å². The third-order valence-electron chi connectivity index (χ3n) is 4.26. The fourth-order valence-electron chi connectivity index (χ4n) is 2.94. The van der Waals surface area contributed by atoms with Gasteiger partial charge in [0.15, 0.2) is 5.82 Å². The largest absolute Gasteiger partial charge is 0.391 e. The lowest BCUT2D eigenvalue weighted by molar-refractivity contribution is 0.198. The quantitative estimate of drug-likeness (QED) is 0.782. The normalized spacial score (nSPS) is 17.0. The van der Waals surface area contributed by atoms with Crippen LogP contribution in [-0.2, 0) is 0 Å². The molecule has 6 heteroatoms. The zero-order valence-electron chi connectivity index (χ0n) is 13.5. The number of aromatic nitrogens is 3. The van der Waals surface area contributed by atoms with Gasteiger partial charge >= 0.3 is 0 Å². The first kappa shape index (κ1) is 16.0. The van der Waals surface area contributed by atoms with E-state index in [9.17, 15) is 5.11 Å². The van der Waals surface area contributed by atoms with Crippen molar-refractivity contribution < 1.29 is 5.11 Å². The lowest BCUT2D eigenvalue weighted by Crippen LogP contribution is -2.22. The summed E-state index contributed by atoms with van der Waals surface area (Å²) in [6.07, 6.45) is 3.92. The van der Waals surface area contributed by atoms with Gasteiger partial charge in [0.25, 0.3) is 0 Å². The Bertz CT molecular complexity index is 870. The molecule has 4 rings (SSSR count). The Balaban J connectivity index is 1.81. The summed E-state index contributed by atoms with van der Waals surface area (Å²) >= 11 is 6.00. The summed E-state index contributed by atoms with van der Waals surface area (Å²) in [5.74, 6) is 1.44. The van der Waals surface area contributed by atoms with Gasteiger partial charge in [0.1, 0.15) is 5.82 Å². The summed E-state index contributed by atoms with van der Waals surface area (Å²) in [5.41, 5.74) is 2.65. The molecule has 0 amide bonds. The van der Waals surface area contributed by atoms with Crippen LogP contribution < -0.4 is 4.90 Å². The molecule has 2 aromatic heterocycles. The van der Waals surface area contributed by atoms with Crippen LogP contribution in [0.1, 0.15) is 6.42 Å². The van der Waals surface area contributed by atoms with Gasteiger partial charge in [0, 0.05) is 47.7 Å². The highest BCUT2D eigenvalue weighted by molar-refractivity contribution is 6.30. The van der Waals surface area contributed by atoms with Crippen molar-refractivity contribution in [1.82, 2.24) is 15.0 Å². The van der Waals surface area contributed by atoms with Gasteiger partial charge in [-0.15, -0.1) is 0 Å². The molecule has 0 radical (unpaired) electrons. The number of pyridine rings is 1. The molecule has 126 valence electrons. The van der Waals surface area contributed by atoms with Crippen molar-refractivity contribution in [3.8, 4) is 22.6 Å². The fraction of sp³-hybridized carbons (Fsp3) is 0.211. The first-order valence-electron chi connectivity index (χ1n) is 8.17. The third kappa shape index (κ3) is 3.48. The summed E-state index contributed by atoms with van der Waals surface area (Å²) in [6.45, 7) is 1.37. The maximum Gasteiger partial charge on any atom is 0.163 e. The number of hydrogen-bond acceptors (Lipinski definition) is 5. The summed E-state index contributed by atoms with van der Waals surface area (Å²) in [6, 6.07) is 13.4. The van der Waals surface area contributed by atoms with E-state index in [0.717, 1.165) is 35.6 Å². The van der Waals surface area contributed by atoms with Crippen LogP contribution in [-0.4, -0.2) is 39.3 Å². The molecular formula is C19H17ClN4O. The zero-order valence-corrected chi connectivity index (χ0v) is 14.3. The zero-order chi connectivity index (χ0) is 17.2. The summed E-state index contributed by atoms with van der Waals surface area (Å²) in [5, 5.41) is 10.5. The summed E-state index contributed by atoms with van der Waals surface area (Å²) < 4.78 is 0. The molecule has 1 aliphatic heterocycles. The molecule has 1 fully saturated rings. The van der Waals surface area contributed by atoms with Crippen molar-refractivity contribution in [1.29, 1.82) is 0 Å². The summed E-state index contributed by atoms with van der Waals surface area (Å²) in [4.78, 5) is 15.7. The number of nitrogens with zero attached hydrogens (tertiary/aromatic N) is 4. The monoisotopic (exact) mass is 352 g/mol. The van der Waals surface area contributed by atoms with Gasteiger partial charge in [-0.1, -0.05) is 23.7 Å². The second-order valence-electron chi connectivity index (χ2n) is 6.07. The Morgan fingerprint density at radius 2 is 1.92 bits per heavy atom. The molecule has 0 bridgehead atoms. The molecule has 0 spiro atoms. The van der Waals surface area contributed by atoms with Crippen LogP contribution in [0.25, 0.3) is 22.6 Å². The number of anilines is 1. The molecule has 1 aliphatic rings. The molecule has 5 nitrogen and oxygen atoms in total. The van der Waals surface area contributed by atoms with Crippen molar-refractivity contribution in [2.24, 2.45) is 0 Å². The number of benzene rings is 1. The Hall–Kier alpha value is -2.50. The summed E-state index contributed by atoms with van der Waals surface area (Å²) in [7, 11) is 0. The average Bonchev–Trinajstić information content (AvgIpc) is 3.09. The van der Waals surface area contributed by atoms with E-state index in [2.05, 4.69) is 9.88 Å². The molecule has 0 unspecified atom stereocenters. The maximum absolute atomic E-state index is 9.85. The maximum atomic E-state index is 9.85. The Morgan fingerprint density at radius 3 is 2.60 bits per heavy atom. The van der Waals surface area contributed by atoms with E-state index >= 15 is 0 Å². The van der Waals surface area contributed by atoms with Crippen LogP contribution in [0.5, 0.6) is 0 Å². The van der Waals surface area contributed by atoms with Gasteiger partial charge in [-0.05, 0) is 30.7 Å².